The molecule has 7 heteroatoms. The van der Waals surface area contributed by atoms with Crippen molar-refractivity contribution in [1.29, 1.82) is 0 Å². The minimum absolute atomic E-state index is 0.111. The minimum atomic E-state index is -0.330. The van der Waals surface area contributed by atoms with Gasteiger partial charge >= 0.3 is 0 Å². The Labute approximate surface area is 137 Å². The third kappa shape index (κ3) is 4.22. The Balaban J connectivity index is 1.50. The highest BCUT2D eigenvalue weighted by Gasteiger charge is 2.10. The molecule has 122 valence electrons. The summed E-state index contributed by atoms with van der Waals surface area (Å²) in [6.07, 6.45) is 3.96. The van der Waals surface area contributed by atoms with E-state index in [1.54, 1.807) is 24.5 Å². The predicted molar refractivity (Wildman–Crippen MR) is 84.1 cm³/mol. The molecule has 0 aliphatic rings. The summed E-state index contributed by atoms with van der Waals surface area (Å²) in [5.74, 6) is 0.232. The number of hydrogen-bond donors (Lipinski definition) is 1. The molecule has 0 radical (unpaired) electrons. The molecule has 6 nitrogen and oxygen atoms in total. The highest BCUT2D eigenvalue weighted by molar-refractivity contribution is 5.76. The van der Waals surface area contributed by atoms with Crippen LogP contribution in [0.25, 0.3) is 11.5 Å². The first-order valence-corrected chi connectivity index (χ1v) is 7.44. The summed E-state index contributed by atoms with van der Waals surface area (Å²) in [5.41, 5.74) is 1.57. The molecule has 1 aromatic carbocycles. The van der Waals surface area contributed by atoms with Gasteiger partial charge in [0.1, 0.15) is 5.82 Å². The normalized spacial score (nSPS) is 10.5. The quantitative estimate of drug-likeness (QED) is 0.753. The van der Waals surface area contributed by atoms with Crippen LogP contribution in [-0.2, 0) is 17.8 Å². The van der Waals surface area contributed by atoms with Crippen molar-refractivity contribution in [3.63, 3.8) is 0 Å². The predicted octanol–water partition coefficient (Wildman–Crippen LogP) is 2.52. The highest BCUT2D eigenvalue weighted by Crippen LogP contribution is 2.18. The lowest BCUT2D eigenvalue weighted by Gasteiger charge is -2.03. The van der Waals surface area contributed by atoms with E-state index in [2.05, 4.69) is 20.5 Å². The van der Waals surface area contributed by atoms with Crippen molar-refractivity contribution in [2.45, 2.75) is 19.4 Å². The Kier molecular flexibility index (Phi) is 4.90. The van der Waals surface area contributed by atoms with Gasteiger partial charge in [-0.2, -0.15) is 0 Å². The van der Waals surface area contributed by atoms with E-state index in [0.29, 0.717) is 30.3 Å². The lowest BCUT2D eigenvalue weighted by atomic mass is 10.2. The van der Waals surface area contributed by atoms with Crippen LogP contribution in [0.1, 0.15) is 17.9 Å². The molecule has 0 aliphatic heterocycles. The van der Waals surface area contributed by atoms with Gasteiger partial charge in [0.25, 0.3) is 0 Å². The number of hydrogen-bond acceptors (Lipinski definition) is 5. The van der Waals surface area contributed by atoms with Crippen molar-refractivity contribution in [1.82, 2.24) is 20.5 Å². The Morgan fingerprint density at radius 2 is 2.00 bits per heavy atom. The zero-order chi connectivity index (χ0) is 16.8. The maximum Gasteiger partial charge on any atom is 0.247 e. The van der Waals surface area contributed by atoms with E-state index in [1.807, 2.05) is 12.1 Å². The first-order chi connectivity index (χ1) is 11.7. The van der Waals surface area contributed by atoms with Crippen molar-refractivity contribution in [3.8, 4) is 11.5 Å². The van der Waals surface area contributed by atoms with E-state index in [1.165, 1.54) is 12.1 Å². The van der Waals surface area contributed by atoms with Gasteiger partial charge < -0.3 is 9.73 Å². The van der Waals surface area contributed by atoms with Crippen LogP contribution >= 0.6 is 0 Å². The van der Waals surface area contributed by atoms with E-state index in [0.717, 1.165) is 5.56 Å². The van der Waals surface area contributed by atoms with Crippen LogP contribution in [0.3, 0.4) is 0 Å². The summed E-state index contributed by atoms with van der Waals surface area (Å²) in [5, 5.41) is 10.6. The summed E-state index contributed by atoms with van der Waals surface area (Å²) < 4.78 is 18.4. The molecule has 0 saturated carbocycles. The molecule has 0 spiro atoms. The number of nitrogens with zero attached hydrogens (tertiary/aromatic N) is 3. The van der Waals surface area contributed by atoms with Gasteiger partial charge in [-0.25, -0.2) is 4.39 Å². The van der Waals surface area contributed by atoms with Crippen LogP contribution in [-0.4, -0.2) is 21.1 Å². The highest BCUT2D eigenvalue weighted by atomic mass is 19.1. The third-order valence-electron chi connectivity index (χ3n) is 3.34. The molecule has 1 N–H and O–H groups in total. The molecule has 0 unspecified atom stereocenters. The molecule has 0 saturated heterocycles. The van der Waals surface area contributed by atoms with Crippen molar-refractivity contribution >= 4 is 5.91 Å². The number of carbonyl (C=O) groups excluding carboxylic acids is 1. The molecular weight excluding hydrogens is 311 g/mol. The van der Waals surface area contributed by atoms with Crippen LogP contribution in [0.15, 0.2) is 53.2 Å². The Bertz CT molecular complexity index is 803. The summed E-state index contributed by atoms with van der Waals surface area (Å²) in [6.45, 7) is 0.428. The summed E-state index contributed by atoms with van der Waals surface area (Å²) >= 11 is 0. The Morgan fingerprint density at radius 1 is 1.17 bits per heavy atom. The summed E-state index contributed by atoms with van der Waals surface area (Å²) in [7, 11) is 0. The standard InChI is InChI=1S/C17H15FN4O2/c18-14-5-3-13(4-6-14)17-22-21-16(24-17)8-7-15(23)20-11-12-2-1-9-19-10-12/h1-6,9-10H,7-8,11H2,(H,20,23). The van der Waals surface area contributed by atoms with Gasteiger partial charge in [0.05, 0.1) is 0 Å². The first kappa shape index (κ1) is 15.8. The second kappa shape index (κ2) is 7.45. The Hall–Kier alpha value is -3.09. The molecule has 0 aliphatic carbocycles. The maximum absolute atomic E-state index is 12.9. The number of aromatic nitrogens is 3. The van der Waals surface area contributed by atoms with Gasteiger partial charge in [-0.05, 0) is 35.9 Å². The molecule has 2 aromatic heterocycles. The summed E-state index contributed by atoms with van der Waals surface area (Å²) in [6, 6.07) is 9.48. The van der Waals surface area contributed by atoms with Crippen LogP contribution in [0, 0.1) is 5.82 Å². The van der Waals surface area contributed by atoms with Gasteiger partial charge in [-0.3, -0.25) is 9.78 Å². The van der Waals surface area contributed by atoms with Gasteiger partial charge in [-0.15, -0.1) is 10.2 Å². The second-order valence-corrected chi connectivity index (χ2v) is 5.15. The van der Waals surface area contributed by atoms with Crippen molar-refractivity contribution in [2.24, 2.45) is 0 Å². The number of benzene rings is 1. The van der Waals surface area contributed by atoms with E-state index < -0.39 is 0 Å². The zero-order valence-electron chi connectivity index (χ0n) is 12.8. The number of amides is 1. The number of halogens is 1. The summed E-state index contributed by atoms with van der Waals surface area (Å²) in [4.78, 5) is 15.8. The van der Waals surface area contributed by atoms with Gasteiger partial charge in [0.2, 0.25) is 17.7 Å². The molecule has 0 atom stereocenters. The van der Waals surface area contributed by atoms with Crippen LogP contribution in [0.4, 0.5) is 4.39 Å². The Morgan fingerprint density at radius 3 is 2.75 bits per heavy atom. The zero-order valence-corrected chi connectivity index (χ0v) is 12.8. The second-order valence-electron chi connectivity index (χ2n) is 5.15. The lowest BCUT2D eigenvalue weighted by molar-refractivity contribution is -0.121. The molecule has 1 amide bonds. The average molecular weight is 326 g/mol. The number of rotatable bonds is 6. The third-order valence-corrected chi connectivity index (χ3v) is 3.34. The first-order valence-electron chi connectivity index (χ1n) is 7.44. The topological polar surface area (TPSA) is 80.9 Å². The monoisotopic (exact) mass is 326 g/mol. The van der Waals surface area contributed by atoms with Crippen LogP contribution in [0.5, 0.6) is 0 Å². The fourth-order valence-electron chi connectivity index (χ4n) is 2.08. The van der Waals surface area contributed by atoms with Crippen molar-refractivity contribution in [2.75, 3.05) is 0 Å². The van der Waals surface area contributed by atoms with Crippen LogP contribution < -0.4 is 5.32 Å². The SMILES string of the molecule is O=C(CCc1nnc(-c2ccc(F)cc2)o1)NCc1cccnc1. The van der Waals surface area contributed by atoms with Crippen molar-refractivity contribution in [3.05, 3.63) is 66.1 Å². The van der Waals surface area contributed by atoms with E-state index in [4.69, 9.17) is 4.42 Å². The number of nitrogens with one attached hydrogen (secondary N) is 1. The van der Waals surface area contributed by atoms with Crippen molar-refractivity contribution < 1.29 is 13.6 Å². The smallest absolute Gasteiger partial charge is 0.247 e. The fourth-order valence-corrected chi connectivity index (χ4v) is 2.08. The average Bonchev–Trinajstić information content (AvgIpc) is 3.09. The molecule has 0 fully saturated rings. The number of carbonyl (C=O) groups is 1. The molecule has 2 heterocycles. The van der Waals surface area contributed by atoms with E-state index >= 15 is 0 Å². The minimum Gasteiger partial charge on any atom is -0.421 e. The number of aryl methyl sites for hydroxylation is 1. The maximum atomic E-state index is 12.9. The molecule has 3 rings (SSSR count). The molecular formula is C17H15FN4O2. The van der Waals surface area contributed by atoms with Gasteiger partial charge in [-0.1, -0.05) is 6.07 Å². The van der Waals surface area contributed by atoms with Crippen LogP contribution in [0.2, 0.25) is 0 Å². The van der Waals surface area contributed by atoms with E-state index in [-0.39, 0.29) is 18.1 Å². The molecule has 3 aromatic rings. The molecule has 24 heavy (non-hydrogen) atoms. The number of pyridine rings is 1. The van der Waals surface area contributed by atoms with Gasteiger partial charge in [0, 0.05) is 37.3 Å². The molecule has 0 bridgehead atoms. The largest absolute Gasteiger partial charge is 0.421 e. The van der Waals surface area contributed by atoms with Gasteiger partial charge in [0.15, 0.2) is 0 Å². The fraction of sp³-hybridized carbons (Fsp3) is 0.176. The lowest BCUT2D eigenvalue weighted by Crippen LogP contribution is -2.23. The van der Waals surface area contributed by atoms with E-state index in [9.17, 15) is 9.18 Å².